The Kier molecular flexibility index (Phi) is 5.41. The van der Waals surface area contributed by atoms with Gasteiger partial charge in [-0.2, -0.15) is 10.5 Å². The summed E-state index contributed by atoms with van der Waals surface area (Å²) in [6.45, 7) is 0. The van der Waals surface area contributed by atoms with Gasteiger partial charge in [-0.1, -0.05) is 65.7 Å². The van der Waals surface area contributed by atoms with Crippen molar-refractivity contribution in [2.24, 2.45) is 5.41 Å². The molecular formula is C27H16Cl2FN3O. The molecule has 0 aromatic heterocycles. The normalized spacial score (nSPS) is 21.8. The van der Waals surface area contributed by atoms with Crippen LogP contribution in [0.2, 0.25) is 10.0 Å². The van der Waals surface area contributed by atoms with Gasteiger partial charge in [0.15, 0.2) is 11.2 Å². The monoisotopic (exact) mass is 487 g/mol. The lowest BCUT2D eigenvalue weighted by Gasteiger charge is -2.35. The Bertz CT molecular complexity index is 1410. The molecule has 4 nitrogen and oxygen atoms in total. The highest BCUT2D eigenvalue weighted by molar-refractivity contribution is 6.42. The summed E-state index contributed by atoms with van der Waals surface area (Å²) in [6.07, 6.45) is 3.67. The van der Waals surface area contributed by atoms with Gasteiger partial charge in [-0.15, -0.1) is 0 Å². The van der Waals surface area contributed by atoms with Gasteiger partial charge in [0, 0.05) is 17.2 Å². The summed E-state index contributed by atoms with van der Waals surface area (Å²) in [5.74, 6) is -1.61. The molecule has 166 valence electrons. The molecule has 1 saturated heterocycles. The van der Waals surface area contributed by atoms with Crippen molar-refractivity contribution in [2.75, 3.05) is 4.90 Å². The van der Waals surface area contributed by atoms with Gasteiger partial charge >= 0.3 is 0 Å². The number of ketones is 1. The van der Waals surface area contributed by atoms with Gasteiger partial charge in [0.25, 0.3) is 0 Å². The SMILES string of the molecule is N#CC1(C#N)[C@H](c2ccc(F)cc2)[C@@H](C(=O)c2ccc(Cl)c(Cl)c2)N2c3ccccc3C=C[C@@H]21. The quantitative estimate of drug-likeness (QED) is 0.399. The van der Waals surface area contributed by atoms with E-state index in [1.54, 1.807) is 18.2 Å². The summed E-state index contributed by atoms with van der Waals surface area (Å²) in [7, 11) is 0. The van der Waals surface area contributed by atoms with Crippen LogP contribution >= 0.6 is 23.2 Å². The molecule has 0 radical (unpaired) electrons. The van der Waals surface area contributed by atoms with Gasteiger partial charge in [-0.3, -0.25) is 4.79 Å². The van der Waals surface area contributed by atoms with Crippen LogP contribution in [0.15, 0.2) is 72.8 Å². The molecule has 2 aliphatic rings. The Hall–Kier alpha value is -3.64. The van der Waals surface area contributed by atoms with E-state index in [1.165, 1.54) is 30.3 Å². The fourth-order valence-electron chi connectivity index (χ4n) is 5.10. The van der Waals surface area contributed by atoms with Gasteiger partial charge in [0.05, 0.1) is 28.2 Å². The first-order chi connectivity index (χ1) is 16.4. The summed E-state index contributed by atoms with van der Waals surface area (Å²) < 4.78 is 13.8. The number of Topliss-reactive ketones (excluding diaryl/α,β-unsaturated/α-hetero) is 1. The average Bonchev–Trinajstić information content (AvgIpc) is 3.16. The van der Waals surface area contributed by atoms with Crippen LogP contribution in [0.5, 0.6) is 0 Å². The van der Waals surface area contributed by atoms with E-state index in [-0.39, 0.29) is 10.8 Å². The fourth-order valence-corrected chi connectivity index (χ4v) is 5.40. The number of fused-ring (bicyclic) bond motifs is 3. The first-order valence-electron chi connectivity index (χ1n) is 10.5. The summed E-state index contributed by atoms with van der Waals surface area (Å²) in [5, 5.41) is 21.3. The zero-order valence-electron chi connectivity index (χ0n) is 17.6. The second-order valence-electron chi connectivity index (χ2n) is 8.33. The molecule has 3 atom stereocenters. The van der Waals surface area contributed by atoms with E-state index in [0.29, 0.717) is 16.1 Å². The van der Waals surface area contributed by atoms with E-state index >= 15 is 0 Å². The highest BCUT2D eigenvalue weighted by atomic mass is 35.5. The maximum atomic E-state index is 14.1. The van der Waals surface area contributed by atoms with Crippen molar-refractivity contribution < 1.29 is 9.18 Å². The minimum Gasteiger partial charge on any atom is -0.351 e. The zero-order chi connectivity index (χ0) is 24.0. The number of halogens is 3. The molecule has 7 heteroatoms. The Morgan fingerprint density at radius 1 is 0.971 bits per heavy atom. The van der Waals surface area contributed by atoms with Crippen molar-refractivity contribution in [3.8, 4) is 12.1 Å². The predicted molar refractivity (Wildman–Crippen MR) is 129 cm³/mol. The van der Waals surface area contributed by atoms with Crippen LogP contribution in [0, 0.1) is 33.9 Å². The highest BCUT2D eigenvalue weighted by Gasteiger charge is 2.63. The lowest BCUT2D eigenvalue weighted by atomic mass is 9.69. The Morgan fingerprint density at radius 3 is 2.35 bits per heavy atom. The lowest BCUT2D eigenvalue weighted by Crippen LogP contribution is -2.44. The fraction of sp³-hybridized carbons (Fsp3) is 0.148. The van der Waals surface area contributed by atoms with E-state index in [0.717, 1.165) is 11.3 Å². The largest absolute Gasteiger partial charge is 0.351 e. The third-order valence-corrected chi connectivity index (χ3v) is 7.36. The third kappa shape index (κ3) is 3.21. The number of rotatable bonds is 3. The predicted octanol–water partition coefficient (Wildman–Crippen LogP) is 6.42. The molecular weight excluding hydrogens is 472 g/mol. The van der Waals surface area contributed by atoms with E-state index in [1.807, 2.05) is 35.2 Å². The van der Waals surface area contributed by atoms with Crippen molar-refractivity contribution in [1.29, 1.82) is 10.5 Å². The molecule has 0 saturated carbocycles. The van der Waals surface area contributed by atoms with E-state index in [9.17, 15) is 19.7 Å². The molecule has 2 aliphatic heterocycles. The van der Waals surface area contributed by atoms with Crippen LogP contribution in [0.25, 0.3) is 6.08 Å². The Labute approximate surface area is 206 Å². The summed E-state index contributed by atoms with van der Waals surface area (Å²) in [6, 6.07) is 20.6. The standard InChI is InChI=1S/C27H16Cl2FN3O/c28-20-11-7-18(13-21(20)29)26(34)25-24(17-5-9-19(30)10-6-17)27(14-31,15-32)23-12-8-16-3-1-2-4-22(16)33(23)25/h1-13,23-25H/t23-,24-,25+/m1/s1. The van der Waals surface area contributed by atoms with Gasteiger partial charge in [-0.05, 0) is 47.5 Å². The second-order valence-corrected chi connectivity index (χ2v) is 9.14. The second kappa shape index (κ2) is 8.29. The topological polar surface area (TPSA) is 67.9 Å². The molecule has 0 aliphatic carbocycles. The van der Waals surface area contributed by atoms with E-state index in [2.05, 4.69) is 12.1 Å². The molecule has 0 unspecified atom stereocenters. The Morgan fingerprint density at radius 2 is 1.68 bits per heavy atom. The van der Waals surface area contributed by atoms with Crippen LogP contribution in [0.3, 0.4) is 0 Å². The number of carbonyl (C=O) groups excluding carboxylic acids is 1. The van der Waals surface area contributed by atoms with E-state index in [4.69, 9.17) is 23.2 Å². The van der Waals surface area contributed by atoms with Gasteiger partial charge in [0.1, 0.15) is 11.9 Å². The molecule has 34 heavy (non-hydrogen) atoms. The number of nitrogens with zero attached hydrogens (tertiary/aromatic N) is 3. The smallest absolute Gasteiger partial charge is 0.186 e. The number of carbonyl (C=O) groups is 1. The average molecular weight is 488 g/mol. The van der Waals surface area contributed by atoms with Crippen LogP contribution in [0.4, 0.5) is 10.1 Å². The number of nitriles is 2. The molecule has 1 fully saturated rings. The molecule has 2 heterocycles. The van der Waals surface area contributed by atoms with Crippen molar-refractivity contribution >= 4 is 40.7 Å². The number of benzene rings is 3. The number of para-hydroxylation sites is 1. The van der Waals surface area contributed by atoms with Crippen LogP contribution in [-0.2, 0) is 0 Å². The maximum absolute atomic E-state index is 14.1. The molecule has 3 aromatic rings. The van der Waals surface area contributed by atoms with Crippen molar-refractivity contribution in [3.05, 3.63) is 105 Å². The minimum atomic E-state index is -1.60. The lowest BCUT2D eigenvalue weighted by molar-refractivity contribution is 0.0951. The molecule has 5 rings (SSSR count). The summed E-state index contributed by atoms with van der Waals surface area (Å²) in [5.41, 5.74) is 0.855. The molecule has 0 bridgehead atoms. The first-order valence-corrected chi connectivity index (χ1v) is 11.3. The number of hydrogen-bond acceptors (Lipinski definition) is 4. The molecule has 0 N–H and O–H groups in total. The van der Waals surface area contributed by atoms with E-state index < -0.39 is 29.2 Å². The minimum absolute atomic E-state index is 0.228. The van der Waals surface area contributed by atoms with Crippen molar-refractivity contribution in [3.63, 3.8) is 0 Å². The van der Waals surface area contributed by atoms with Crippen LogP contribution < -0.4 is 4.90 Å². The van der Waals surface area contributed by atoms with Crippen molar-refractivity contribution in [1.82, 2.24) is 0 Å². The number of anilines is 1. The van der Waals surface area contributed by atoms with Crippen LogP contribution in [0.1, 0.15) is 27.4 Å². The highest BCUT2D eigenvalue weighted by Crippen LogP contribution is 2.55. The first kappa shape index (κ1) is 22.2. The van der Waals surface area contributed by atoms with Crippen molar-refractivity contribution in [2.45, 2.75) is 18.0 Å². The Balaban J connectivity index is 1.78. The van der Waals surface area contributed by atoms with Gasteiger partial charge in [-0.25, -0.2) is 4.39 Å². The molecule has 0 spiro atoms. The summed E-state index contributed by atoms with van der Waals surface area (Å²) >= 11 is 12.3. The molecule has 3 aromatic carbocycles. The van der Waals surface area contributed by atoms with Gasteiger partial charge < -0.3 is 4.90 Å². The van der Waals surface area contributed by atoms with Crippen LogP contribution in [-0.4, -0.2) is 17.9 Å². The number of hydrogen-bond donors (Lipinski definition) is 0. The summed E-state index contributed by atoms with van der Waals surface area (Å²) in [4.78, 5) is 15.9. The van der Waals surface area contributed by atoms with Gasteiger partial charge in [0.2, 0.25) is 0 Å². The maximum Gasteiger partial charge on any atom is 0.186 e. The molecule has 0 amide bonds. The third-order valence-electron chi connectivity index (χ3n) is 6.62. The zero-order valence-corrected chi connectivity index (χ0v) is 19.1.